The molecule has 0 aliphatic heterocycles. The normalized spacial score (nSPS) is 13.1. The summed E-state index contributed by atoms with van der Waals surface area (Å²) in [6, 6.07) is 62.5. The molecule has 2 heterocycles. The molecule has 4 heteroatoms. The summed E-state index contributed by atoms with van der Waals surface area (Å²) in [5.74, 6) is 0.477. The van der Waals surface area contributed by atoms with Crippen molar-refractivity contribution in [1.82, 2.24) is 9.13 Å². The zero-order valence-electron chi connectivity index (χ0n) is 31.0. The van der Waals surface area contributed by atoms with Gasteiger partial charge in [0.25, 0.3) is 0 Å². The molecule has 4 nitrogen and oxygen atoms in total. The van der Waals surface area contributed by atoms with Crippen LogP contribution in [0.1, 0.15) is 34.4 Å². The summed E-state index contributed by atoms with van der Waals surface area (Å²) in [7, 11) is 0. The molecule has 1 aliphatic carbocycles. The van der Waals surface area contributed by atoms with Crippen molar-refractivity contribution in [3.8, 4) is 22.5 Å². The molecule has 0 radical (unpaired) electrons. The third-order valence-electron chi connectivity index (χ3n) is 11.0. The number of nitrogens with zero attached hydrogens (tertiary/aromatic N) is 3. The van der Waals surface area contributed by atoms with Crippen LogP contribution in [-0.2, 0) is 12.8 Å². The second-order valence-corrected chi connectivity index (χ2v) is 14.5. The average Bonchev–Trinajstić information content (AvgIpc) is 3.79. The van der Waals surface area contributed by atoms with Crippen molar-refractivity contribution in [3.63, 3.8) is 0 Å². The predicted octanol–water partition coefficient (Wildman–Crippen LogP) is 12.3. The summed E-state index contributed by atoms with van der Waals surface area (Å²) in [6.07, 6.45) is 9.57. The van der Waals surface area contributed by atoms with Gasteiger partial charge in [0.1, 0.15) is 5.84 Å². The molecule has 2 N–H and O–H groups in total. The minimum absolute atomic E-state index is 0.477. The number of aryl methyl sites for hydroxylation is 1. The first-order valence-corrected chi connectivity index (χ1v) is 19.4. The molecular weight excluding hydrogens is 681 g/mol. The molecule has 0 bridgehead atoms. The minimum Gasteiger partial charge on any atom is -0.383 e. The van der Waals surface area contributed by atoms with Gasteiger partial charge in [0.2, 0.25) is 0 Å². The molecule has 0 saturated carbocycles. The van der Waals surface area contributed by atoms with E-state index in [-0.39, 0.29) is 0 Å². The second-order valence-electron chi connectivity index (χ2n) is 14.5. The van der Waals surface area contributed by atoms with Crippen LogP contribution in [0, 0.1) is 0 Å². The number of nitrogens with two attached hydrogens (primary N) is 1. The second kappa shape index (κ2) is 14.2. The van der Waals surface area contributed by atoms with E-state index >= 15 is 0 Å². The van der Waals surface area contributed by atoms with E-state index in [9.17, 15) is 0 Å². The van der Waals surface area contributed by atoms with Crippen LogP contribution in [0.15, 0.2) is 193 Å². The van der Waals surface area contributed by atoms with Gasteiger partial charge in [-0.1, -0.05) is 152 Å². The summed E-state index contributed by atoms with van der Waals surface area (Å²) in [5, 5.41) is 3.75. The summed E-state index contributed by atoms with van der Waals surface area (Å²) in [6.45, 7) is 0. The molecule has 2 aromatic heterocycles. The summed E-state index contributed by atoms with van der Waals surface area (Å²) in [4.78, 5) is 5.26. The molecule has 0 saturated heterocycles. The Morgan fingerprint density at radius 1 is 0.554 bits per heavy atom. The van der Waals surface area contributed by atoms with Crippen molar-refractivity contribution in [3.05, 3.63) is 216 Å². The van der Waals surface area contributed by atoms with Crippen LogP contribution in [0.5, 0.6) is 0 Å². The zero-order valence-corrected chi connectivity index (χ0v) is 31.0. The Morgan fingerprint density at radius 2 is 1.14 bits per heavy atom. The number of aliphatic imine (C=N–C) groups is 1. The number of hydrogen-bond acceptors (Lipinski definition) is 1. The number of allylic oxidation sites excluding steroid dienone is 2. The summed E-state index contributed by atoms with van der Waals surface area (Å²) >= 11 is 0. The Labute approximate surface area is 326 Å². The van der Waals surface area contributed by atoms with Gasteiger partial charge in [-0.3, -0.25) is 0 Å². The smallest absolute Gasteiger partial charge is 0.131 e. The maximum Gasteiger partial charge on any atom is 0.131 e. The maximum atomic E-state index is 6.87. The topological polar surface area (TPSA) is 48.2 Å². The van der Waals surface area contributed by atoms with E-state index in [0.717, 1.165) is 52.1 Å². The van der Waals surface area contributed by atoms with E-state index in [2.05, 4.69) is 173 Å². The largest absolute Gasteiger partial charge is 0.383 e. The Hall–Kier alpha value is -7.17. The van der Waals surface area contributed by atoms with Gasteiger partial charge in [-0.25, -0.2) is 4.99 Å². The Morgan fingerprint density at radius 3 is 1.86 bits per heavy atom. The van der Waals surface area contributed by atoms with Crippen molar-refractivity contribution in [1.29, 1.82) is 0 Å². The van der Waals surface area contributed by atoms with E-state index in [1.54, 1.807) is 0 Å². The highest BCUT2D eigenvalue weighted by molar-refractivity contribution is 6.09. The first-order chi connectivity index (χ1) is 27.7. The van der Waals surface area contributed by atoms with Crippen LogP contribution in [-0.4, -0.2) is 15.0 Å². The highest BCUT2D eigenvalue weighted by Crippen LogP contribution is 2.38. The lowest BCUT2D eigenvalue weighted by Crippen LogP contribution is -2.13. The van der Waals surface area contributed by atoms with Gasteiger partial charge in [0.05, 0.1) is 22.2 Å². The van der Waals surface area contributed by atoms with Crippen LogP contribution >= 0.6 is 0 Å². The van der Waals surface area contributed by atoms with Gasteiger partial charge in [0.15, 0.2) is 0 Å². The zero-order chi connectivity index (χ0) is 37.4. The molecule has 0 fully saturated rings. The van der Waals surface area contributed by atoms with Gasteiger partial charge in [-0.15, -0.1) is 0 Å². The van der Waals surface area contributed by atoms with E-state index < -0.39 is 0 Å². The molecule has 268 valence electrons. The maximum absolute atomic E-state index is 6.87. The lowest BCUT2D eigenvalue weighted by atomic mass is 10.0. The Bertz CT molecular complexity index is 2940. The van der Waals surface area contributed by atoms with E-state index in [1.807, 2.05) is 30.3 Å². The third-order valence-corrected chi connectivity index (χ3v) is 11.0. The van der Waals surface area contributed by atoms with Crippen molar-refractivity contribution in [2.45, 2.75) is 19.3 Å². The van der Waals surface area contributed by atoms with Crippen LogP contribution in [0.25, 0.3) is 67.0 Å². The molecule has 7 aromatic carbocycles. The van der Waals surface area contributed by atoms with Crippen molar-refractivity contribution < 1.29 is 0 Å². The lowest BCUT2D eigenvalue weighted by molar-refractivity contribution is 0.966. The van der Waals surface area contributed by atoms with Crippen LogP contribution in [0.3, 0.4) is 0 Å². The fourth-order valence-corrected chi connectivity index (χ4v) is 8.42. The predicted molar refractivity (Wildman–Crippen MR) is 236 cm³/mol. The molecule has 0 amide bonds. The van der Waals surface area contributed by atoms with Crippen LogP contribution in [0.4, 0.5) is 0 Å². The summed E-state index contributed by atoms with van der Waals surface area (Å²) < 4.78 is 4.84. The lowest BCUT2D eigenvalue weighted by Gasteiger charge is -2.17. The Kier molecular flexibility index (Phi) is 8.49. The highest BCUT2D eigenvalue weighted by Gasteiger charge is 2.21. The number of para-hydroxylation sites is 3. The first kappa shape index (κ1) is 33.4. The number of benzene rings is 7. The molecule has 9 aromatic rings. The fraction of sp³-hybridized carbons (Fsp3) is 0.0577. The van der Waals surface area contributed by atoms with Gasteiger partial charge in [-0.2, -0.15) is 0 Å². The average molecular weight is 721 g/mol. The van der Waals surface area contributed by atoms with Gasteiger partial charge in [0, 0.05) is 44.4 Å². The number of hydrogen-bond donors (Lipinski definition) is 1. The van der Waals surface area contributed by atoms with E-state index in [1.165, 1.54) is 49.6 Å². The minimum atomic E-state index is 0.477. The molecular formula is C52H40N4. The SMILES string of the molecule is N/C(=N\C(=C/Cc1cccc(-c2ccccc2)c1)c1cc(-n2c3c(c4ccccc42)CCC=C3)cc(-n2c3ccccc3c3ccccc32)c1)c1ccccc1. The summed E-state index contributed by atoms with van der Waals surface area (Å²) in [5.41, 5.74) is 21.4. The van der Waals surface area contributed by atoms with E-state index in [4.69, 9.17) is 10.7 Å². The van der Waals surface area contributed by atoms with E-state index in [0.29, 0.717) is 12.3 Å². The van der Waals surface area contributed by atoms with Crippen molar-refractivity contribution >= 4 is 50.3 Å². The molecule has 10 rings (SSSR count). The number of aromatic nitrogens is 2. The molecule has 56 heavy (non-hydrogen) atoms. The molecule has 1 aliphatic rings. The fourth-order valence-electron chi connectivity index (χ4n) is 8.42. The van der Waals surface area contributed by atoms with Crippen LogP contribution < -0.4 is 5.73 Å². The van der Waals surface area contributed by atoms with Crippen LogP contribution in [0.2, 0.25) is 0 Å². The van der Waals surface area contributed by atoms with Crippen molar-refractivity contribution in [2.24, 2.45) is 10.7 Å². The number of rotatable bonds is 8. The molecule has 0 spiro atoms. The van der Waals surface area contributed by atoms with Gasteiger partial charge >= 0.3 is 0 Å². The molecule has 0 unspecified atom stereocenters. The van der Waals surface area contributed by atoms with Crippen molar-refractivity contribution in [2.75, 3.05) is 0 Å². The standard InChI is InChI=1S/C52H40N4/c53-52(38-19-5-2-6-20-38)54-47(31-30-36-16-15-21-39(32-36)37-17-3-1-4-18-37)40-33-41(55-48-26-11-7-22-43(48)44-23-8-12-27-49(44)55)35-42(34-40)56-50-28-13-9-24-45(50)46-25-10-14-29-51(46)56/h1-9,11-24,26-29,31-35H,10,25,30H2,(H2,53,54)/b47-31-. The monoisotopic (exact) mass is 720 g/mol. The van der Waals surface area contributed by atoms with Gasteiger partial charge in [-0.05, 0) is 84.0 Å². The van der Waals surface area contributed by atoms with Gasteiger partial charge < -0.3 is 14.9 Å². The quantitative estimate of drug-likeness (QED) is 0.123. The third kappa shape index (κ3) is 6.02. The number of amidine groups is 1. The first-order valence-electron chi connectivity index (χ1n) is 19.4. The molecule has 0 atom stereocenters. The number of fused-ring (bicyclic) bond motifs is 6. The Balaban J connectivity index is 1.23. The highest BCUT2D eigenvalue weighted by atomic mass is 15.0.